The highest BCUT2D eigenvalue weighted by Gasteiger charge is 2.26. The van der Waals surface area contributed by atoms with Gasteiger partial charge >= 0.3 is 0 Å². The Balaban J connectivity index is 2.08. The summed E-state index contributed by atoms with van der Waals surface area (Å²) in [7, 11) is 0. The van der Waals surface area contributed by atoms with Crippen molar-refractivity contribution in [3.8, 4) is 0 Å². The molecule has 0 spiro atoms. The van der Waals surface area contributed by atoms with Crippen molar-refractivity contribution < 1.29 is 0 Å². The Kier molecular flexibility index (Phi) is 3.12. The molecule has 0 saturated heterocycles. The van der Waals surface area contributed by atoms with Crippen LogP contribution in [0.2, 0.25) is 0 Å². The molecule has 2 nitrogen and oxygen atoms in total. The third-order valence-electron chi connectivity index (χ3n) is 2.48. The van der Waals surface area contributed by atoms with Crippen LogP contribution in [0.5, 0.6) is 0 Å². The zero-order valence-corrected chi connectivity index (χ0v) is 10.9. The molecule has 0 bridgehead atoms. The fourth-order valence-corrected chi connectivity index (χ4v) is 2.86. The second-order valence-electron chi connectivity index (χ2n) is 4.14. The average molecular weight is 275 g/mol. The summed E-state index contributed by atoms with van der Waals surface area (Å²) in [4.78, 5) is 6.88. The first kappa shape index (κ1) is 10.4. The Labute approximate surface area is 97.5 Å². The topological polar surface area (TPSA) is 16.1 Å². The van der Waals surface area contributed by atoms with Crippen LogP contribution >= 0.6 is 27.3 Å². The quantitative estimate of drug-likeness (QED) is 0.835. The molecule has 4 heteroatoms. The Bertz CT molecular complexity index is 307. The van der Waals surface area contributed by atoms with E-state index in [9.17, 15) is 0 Å². The molecule has 1 saturated carbocycles. The lowest BCUT2D eigenvalue weighted by molar-refractivity contribution is 0.642. The van der Waals surface area contributed by atoms with Gasteiger partial charge in [0, 0.05) is 18.0 Å². The van der Waals surface area contributed by atoms with Crippen LogP contribution in [-0.2, 0) is 0 Å². The van der Waals surface area contributed by atoms with Crippen molar-refractivity contribution in [2.24, 2.45) is 5.92 Å². The van der Waals surface area contributed by atoms with Crippen LogP contribution < -0.4 is 4.90 Å². The van der Waals surface area contributed by atoms with Gasteiger partial charge in [-0.25, -0.2) is 4.98 Å². The van der Waals surface area contributed by atoms with Gasteiger partial charge in [0.25, 0.3) is 0 Å². The molecule has 78 valence electrons. The molecule has 14 heavy (non-hydrogen) atoms. The highest BCUT2D eigenvalue weighted by atomic mass is 79.9. The first-order valence-corrected chi connectivity index (χ1v) is 6.71. The fourth-order valence-electron chi connectivity index (χ4n) is 1.47. The van der Waals surface area contributed by atoms with Crippen molar-refractivity contribution in [2.75, 3.05) is 11.4 Å². The lowest BCUT2D eigenvalue weighted by atomic mass is 10.3. The molecule has 1 aliphatic rings. The van der Waals surface area contributed by atoms with Gasteiger partial charge < -0.3 is 4.90 Å². The Hall–Kier alpha value is -0.0900. The molecule has 1 aliphatic carbocycles. The van der Waals surface area contributed by atoms with Crippen molar-refractivity contribution in [1.82, 2.24) is 4.98 Å². The monoisotopic (exact) mass is 274 g/mol. The lowest BCUT2D eigenvalue weighted by Gasteiger charge is -2.25. The summed E-state index contributed by atoms with van der Waals surface area (Å²) in [6, 6.07) is 0.550. The first-order chi connectivity index (χ1) is 6.66. The van der Waals surface area contributed by atoms with Crippen LogP contribution in [0.1, 0.15) is 26.7 Å². The van der Waals surface area contributed by atoms with E-state index >= 15 is 0 Å². The first-order valence-electron chi connectivity index (χ1n) is 5.04. The van der Waals surface area contributed by atoms with Gasteiger partial charge in [0.05, 0.1) is 0 Å². The molecule has 0 aromatic carbocycles. The van der Waals surface area contributed by atoms with E-state index in [4.69, 9.17) is 0 Å². The maximum absolute atomic E-state index is 4.47. The van der Waals surface area contributed by atoms with E-state index in [1.54, 1.807) is 11.3 Å². The number of thiazole rings is 1. The highest BCUT2D eigenvalue weighted by Crippen LogP contribution is 2.33. The number of halogens is 1. The maximum Gasteiger partial charge on any atom is 0.186 e. The molecule has 0 unspecified atom stereocenters. The van der Waals surface area contributed by atoms with Gasteiger partial charge in [-0.15, -0.1) is 11.3 Å². The van der Waals surface area contributed by atoms with E-state index in [2.05, 4.69) is 45.0 Å². The minimum absolute atomic E-state index is 0.550. The molecule has 2 rings (SSSR count). The van der Waals surface area contributed by atoms with E-state index in [0.29, 0.717) is 6.04 Å². The molecule has 1 aromatic rings. The molecule has 0 radical (unpaired) electrons. The second-order valence-corrected chi connectivity index (χ2v) is 5.79. The maximum atomic E-state index is 4.47. The van der Waals surface area contributed by atoms with Crippen molar-refractivity contribution in [2.45, 2.75) is 32.7 Å². The van der Waals surface area contributed by atoms with Crippen LogP contribution in [-0.4, -0.2) is 17.6 Å². The van der Waals surface area contributed by atoms with Crippen molar-refractivity contribution in [1.29, 1.82) is 0 Å². The third kappa shape index (κ3) is 2.48. The minimum Gasteiger partial charge on any atom is -0.345 e. The van der Waals surface area contributed by atoms with E-state index < -0.39 is 0 Å². The van der Waals surface area contributed by atoms with E-state index in [-0.39, 0.29) is 0 Å². The Morgan fingerprint density at radius 3 is 2.79 bits per heavy atom. The summed E-state index contributed by atoms with van der Waals surface area (Å²) in [5, 5.41) is 3.20. The molecule has 0 amide bonds. The molecular weight excluding hydrogens is 260 g/mol. The molecule has 1 heterocycles. The number of nitrogens with zero attached hydrogens (tertiary/aromatic N) is 2. The molecule has 1 fully saturated rings. The van der Waals surface area contributed by atoms with Gasteiger partial charge in [0.1, 0.15) is 4.60 Å². The van der Waals surface area contributed by atoms with Gasteiger partial charge in [-0.1, -0.05) is 0 Å². The van der Waals surface area contributed by atoms with Crippen molar-refractivity contribution in [3.05, 3.63) is 9.98 Å². The van der Waals surface area contributed by atoms with Gasteiger partial charge in [-0.2, -0.15) is 0 Å². The molecule has 1 aromatic heterocycles. The zero-order valence-electron chi connectivity index (χ0n) is 8.53. The van der Waals surface area contributed by atoms with Crippen LogP contribution in [0.15, 0.2) is 9.98 Å². The summed E-state index contributed by atoms with van der Waals surface area (Å²) in [5.41, 5.74) is 0. The SMILES string of the molecule is CC(C)N(CC1CC1)c1nc(Br)cs1. The lowest BCUT2D eigenvalue weighted by Crippen LogP contribution is -2.32. The van der Waals surface area contributed by atoms with Crippen LogP contribution in [0, 0.1) is 5.92 Å². The van der Waals surface area contributed by atoms with Crippen molar-refractivity contribution >= 4 is 32.4 Å². The normalized spacial score (nSPS) is 16.3. The summed E-state index contributed by atoms with van der Waals surface area (Å²) in [6.07, 6.45) is 2.80. The smallest absolute Gasteiger partial charge is 0.186 e. The summed E-state index contributed by atoms with van der Waals surface area (Å²) >= 11 is 5.13. The summed E-state index contributed by atoms with van der Waals surface area (Å²) in [6.45, 7) is 5.65. The predicted molar refractivity (Wildman–Crippen MR) is 65.0 cm³/mol. The largest absolute Gasteiger partial charge is 0.345 e. The van der Waals surface area contributed by atoms with E-state index in [0.717, 1.165) is 15.7 Å². The second kappa shape index (κ2) is 4.19. The number of aromatic nitrogens is 1. The zero-order chi connectivity index (χ0) is 10.1. The van der Waals surface area contributed by atoms with Gasteiger partial charge in [0.15, 0.2) is 5.13 Å². The van der Waals surface area contributed by atoms with E-state index in [1.165, 1.54) is 19.4 Å². The number of hydrogen-bond acceptors (Lipinski definition) is 3. The summed E-state index contributed by atoms with van der Waals surface area (Å²) < 4.78 is 0.957. The van der Waals surface area contributed by atoms with E-state index in [1.807, 2.05) is 0 Å². The van der Waals surface area contributed by atoms with Crippen LogP contribution in [0.25, 0.3) is 0 Å². The molecule has 0 N–H and O–H groups in total. The number of rotatable bonds is 4. The molecule has 0 aliphatic heterocycles. The fraction of sp³-hybridized carbons (Fsp3) is 0.700. The molecule has 0 atom stereocenters. The van der Waals surface area contributed by atoms with Crippen molar-refractivity contribution in [3.63, 3.8) is 0 Å². The standard InChI is InChI=1S/C10H15BrN2S/c1-7(2)13(5-8-3-4-8)10-12-9(11)6-14-10/h6-8H,3-5H2,1-2H3. The van der Waals surface area contributed by atoms with Crippen LogP contribution in [0.4, 0.5) is 5.13 Å². The van der Waals surface area contributed by atoms with Gasteiger partial charge in [0.2, 0.25) is 0 Å². The Morgan fingerprint density at radius 2 is 2.36 bits per heavy atom. The third-order valence-corrected chi connectivity index (χ3v) is 4.07. The van der Waals surface area contributed by atoms with Crippen LogP contribution in [0.3, 0.4) is 0 Å². The summed E-state index contributed by atoms with van der Waals surface area (Å²) in [5.74, 6) is 0.917. The highest BCUT2D eigenvalue weighted by molar-refractivity contribution is 9.10. The van der Waals surface area contributed by atoms with Gasteiger partial charge in [-0.3, -0.25) is 0 Å². The number of anilines is 1. The molecular formula is C10H15BrN2S. The predicted octanol–water partition coefficient (Wildman–Crippen LogP) is 3.53. The van der Waals surface area contributed by atoms with Gasteiger partial charge in [-0.05, 0) is 48.5 Å². The number of hydrogen-bond donors (Lipinski definition) is 0. The minimum atomic E-state index is 0.550. The average Bonchev–Trinajstić information content (AvgIpc) is 2.84. The Morgan fingerprint density at radius 1 is 1.64 bits per heavy atom.